The van der Waals surface area contributed by atoms with Gasteiger partial charge in [0.05, 0.1) is 38.1 Å². The van der Waals surface area contributed by atoms with E-state index in [1.165, 1.54) is 12.5 Å². The number of aliphatic hydroxyl groups excluding tert-OH is 8. The van der Waals surface area contributed by atoms with Gasteiger partial charge in [0, 0.05) is 17.8 Å². The third-order valence-corrected chi connectivity index (χ3v) is 17.6. The molecule has 1 spiro atoms. The minimum Gasteiger partial charge on any atom is -0.394 e. The molecule has 0 aromatic heterocycles. The van der Waals surface area contributed by atoms with Crippen LogP contribution in [0.3, 0.4) is 0 Å². The first kappa shape index (κ1) is 45.2. The SMILES string of the molecule is C[C@@H]1CC[C@@]2(OC1)O[C@H]1CC3C4CC=C5C[C@@H](O[C@@H]6O[C@H](CO)[C@@H](O[C@@H]7O[C@@H](CO)[C@H](O)[C@H]7O)[C@H](O)[C@H]6O[C@@H]6O[C@@H](C)[C@H](O)[C@@H](O)[C@H]6O)CC[C@]5(C)C4CC[C@]3(C)[C@@]1(O)[C@@H]2C. The molecule has 9 N–H and O–H groups in total. The van der Waals surface area contributed by atoms with E-state index >= 15 is 0 Å². The number of aliphatic hydroxyl groups is 9. The largest absolute Gasteiger partial charge is 0.394 e. The second kappa shape index (κ2) is 16.4. The van der Waals surface area contributed by atoms with Gasteiger partial charge >= 0.3 is 0 Å². The van der Waals surface area contributed by atoms with Crippen LogP contribution in [0.2, 0.25) is 0 Å². The second-order valence-electron chi connectivity index (χ2n) is 20.7. The molecule has 5 aliphatic heterocycles. The van der Waals surface area contributed by atoms with Crippen molar-refractivity contribution in [3.8, 4) is 0 Å². The second-order valence-corrected chi connectivity index (χ2v) is 20.7. The van der Waals surface area contributed by atoms with E-state index in [4.69, 9.17) is 37.9 Å². The molecule has 0 aromatic rings. The highest BCUT2D eigenvalue weighted by atomic mass is 16.8. The van der Waals surface area contributed by atoms with Gasteiger partial charge in [-0.25, -0.2) is 0 Å². The van der Waals surface area contributed by atoms with Crippen LogP contribution in [-0.4, -0.2) is 175 Å². The Morgan fingerprint density at radius 1 is 0.705 bits per heavy atom. The maximum absolute atomic E-state index is 12.8. The molecular formula is C44H70O17. The van der Waals surface area contributed by atoms with Crippen molar-refractivity contribution >= 4 is 0 Å². The molecule has 0 radical (unpaired) electrons. The lowest BCUT2D eigenvalue weighted by Gasteiger charge is -2.60. The Balaban J connectivity index is 0.922. The highest BCUT2D eigenvalue weighted by molar-refractivity contribution is 5.29. The number of rotatable bonds is 8. The molecular weight excluding hydrogens is 800 g/mol. The topological polar surface area (TPSA) is 256 Å². The maximum atomic E-state index is 12.8. The quantitative estimate of drug-likeness (QED) is 0.145. The number of ether oxygens (including phenoxy) is 8. The van der Waals surface area contributed by atoms with E-state index in [1.54, 1.807) is 0 Å². The molecule has 0 aromatic carbocycles. The summed E-state index contributed by atoms with van der Waals surface area (Å²) in [6.45, 7) is 9.89. The van der Waals surface area contributed by atoms with Gasteiger partial charge in [0.15, 0.2) is 24.7 Å². The van der Waals surface area contributed by atoms with Crippen molar-refractivity contribution in [2.45, 2.75) is 202 Å². The average molecular weight is 871 g/mol. The molecule has 348 valence electrons. The summed E-state index contributed by atoms with van der Waals surface area (Å²) in [7, 11) is 0. The maximum Gasteiger partial charge on any atom is 0.187 e. The van der Waals surface area contributed by atoms with Crippen LogP contribution in [0, 0.1) is 40.4 Å². The lowest BCUT2D eigenvalue weighted by atomic mass is 9.46. The highest BCUT2D eigenvalue weighted by Crippen LogP contribution is 2.72. The van der Waals surface area contributed by atoms with Crippen molar-refractivity contribution in [3.05, 3.63) is 11.6 Å². The van der Waals surface area contributed by atoms with Crippen LogP contribution < -0.4 is 0 Å². The Labute approximate surface area is 357 Å². The summed E-state index contributed by atoms with van der Waals surface area (Å²) in [5.74, 6) is 0.693. The van der Waals surface area contributed by atoms with Crippen LogP contribution in [0.5, 0.6) is 0 Å². The van der Waals surface area contributed by atoms with E-state index in [2.05, 4.69) is 33.8 Å². The van der Waals surface area contributed by atoms with E-state index in [1.807, 2.05) is 0 Å². The zero-order chi connectivity index (χ0) is 43.6. The zero-order valence-electron chi connectivity index (χ0n) is 36.0. The van der Waals surface area contributed by atoms with Crippen LogP contribution in [0.25, 0.3) is 0 Å². The Hall–Kier alpha value is -0.940. The van der Waals surface area contributed by atoms with E-state index in [0.717, 1.165) is 44.9 Å². The highest BCUT2D eigenvalue weighted by Gasteiger charge is 2.76. The summed E-state index contributed by atoms with van der Waals surface area (Å²) in [6.07, 6.45) is -11.0. The zero-order valence-corrected chi connectivity index (χ0v) is 36.0. The van der Waals surface area contributed by atoms with Crippen molar-refractivity contribution in [1.29, 1.82) is 0 Å². The number of hydrogen-bond donors (Lipinski definition) is 9. The standard InChI is InChI=1S/C44H70O17/c1-19-8-13-43(54-18-19)21(3)44(53)29(61-43)15-26-24-7-6-22-14-23(9-11-41(22,4)25(24)10-12-42(26,44)5)56-40-37(60-38-34(51)32(49)30(47)20(2)55-38)35(52)36(28(17-46)58-40)59-39-33(50)31(48)27(16-45)57-39/h6,19-21,23-40,45-53H,7-18H2,1-5H3/t19-,20+,21-,23+,24?,25?,26?,27+,28-,29+,30+,31+,32-,33-,34-,35+,36-,37-,38+,39+,40-,41+,42+,43-,44-/m1/s1. The van der Waals surface area contributed by atoms with Gasteiger partial charge in [-0.3, -0.25) is 0 Å². The number of allylic oxidation sites excluding steroid dienone is 1. The lowest BCUT2D eigenvalue weighted by molar-refractivity contribution is -0.380. The molecule has 5 saturated heterocycles. The fourth-order valence-corrected chi connectivity index (χ4v) is 13.8. The summed E-state index contributed by atoms with van der Waals surface area (Å²) >= 11 is 0. The van der Waals surface area contributed by atoms with Crippen molar-refractivity contribution in [1.82, 2.24) is 0 Å². The molecule has 17 heteroatoms. The van der Waals surface area contributed by atoms with Crippen molar-refractivity contribution in [3.63, 3.8) is 0 Å². The Bertz CT molecular complexity index is 1610. The van der Waals surface area contributed by atoms with Gasteiger partial charge in [0.1, 0.15) is 66.6 Å². The van der Waals surface area contributed by atoms with Gasteiger partial charge < -0.3 is 83.9 Å². The summed E-state index contributed by atoms with van der Waals surface area (Å²) < 4.78 is 49.5. The van der Waals surface area contributed by atoms with Crippen LogP contribution in [0.4, 0.5) is 0 Å². The van der Waals surface area contributed by atoms with Crippen LogP contribution in [0.1, 0.15) is 92.4 Å². The van der Waals surface area contributed by atoms with Gasteiger partial charge in [-0.05, 0) is 87.4 Å². The molecule has 9 rings (SSSR count). The van der Waals surface area contributed by atoms with Crippen LogP contribution >= 0.6 is 0 Å². The van der Waals surface area contributed by atoms with E-state index in [0.29, 0.717) is 43.1 Å². The van der Waals surface area contributed by atoms with Crippen LogP contribution in [-0.2, 0) is 37.9 Å². The first-order chi connectivity index (χ1) is 28.9. The van der Waals surface area contributed by atoms with Gasteiger partial charge in [-0.2, -0.15) is 0 Å². The summed E-state index contributed by atoms with van der Waals surface area (Å²) in [5.41, 5.74) is -0.100. The Kier molecular flexibility index (Phi) is 12.2. The molecule has 0 amide bonds. The predicted molar refractivity (Wildman–Crippen MR) is 210 cm³/mol. The molecule has 3 unspecified atom stereocenters. The van der Waals surface area contributed by atoms with Gasteiger partial charge in [-0.15, -0.1) is 0 Å². The summed E-state index contributed by atoms with van der Waals surface area (Å²) in [5, 5.41) is 97.6. The summed E-state index contributed by atoms with van der Waals surface area (Å²) in [6, 6.07) is 0. The third kappa shape index (κ3) is 6.97. The Morgan fingerprint density at radius 3 is 2.08 bits per heavy atom. The molecule has 9 aliphatic rings. The monoisotopic (exact) mass is 870 g/mol. The van der Waals surface area contributed by atoms with E-state index < -0.39 is 117 Å². The minimum atomic E-state index is -1.72. The first-order valence-electron chi connectivity index (χ1n) is 22.9. The molecule has 8 fully saturated rings. The fourth-order valence-electron chi connectivity index (χ4n) is 13.8. The molecule has 17 nitrogen and oxygen atoms in total. The van der Waals surface area contributed by atoms with Gasteiger partial charge in [-0.1, -0.05) is 39.3 Å². The Morgan fingerprint density at radius 2 is 1.39 bits per heavy atom. The fraction of sp³-hybridized carbons (Fsp3) is 0.955. The van der Waals surface area contributed by atoms with Crippen molar-refractivity contribution in [2.75, 3.05) is 19.8 Å². The molecule has 4 aliphatic carbocycles. The van der Waals surface area contributed by atoms with Crippen molar-refractivity contribution in [2.24, 2.45) is 40.4 Å². The molecule has 25 atom stereocenters. The number of hydrogen-bond acceptors (Lipinski definition) is 17. The van der Waals surface area contributed by atoms with Gasteiger partial charge in [0.25, 0.3) is 0 Å². The normalized spacial score (nSPS) is 58.2. The molecule has 3 saturated carbocycles. The minimum absolute atomic E-state index is 0.109. The van der Waals surface area contributed by atoms with E-state index in [-0.39, 0.29) is 22.9 Å². The van der Waals surface area contributed by atoms with Crippen molar-refractivity contribution < 1.29 is 83.9 Å². The van der Waals surface area contributed by atoms with E-state index in [9.17, 15) is 46.0 Å². The molecule has 5 heterocycles. The molecule has 0 bridgehead atoms. The average Bonchev–Trinajstić information content (AvgIpc) is 3.74. The van der Waals surface area contributed by atoms with Gasteiger partial charge in [0.2, 0.25) is 0 Å². The lowest BCUT2D eigenvalue weighted by Crippen LogP contribution is -2.65. The number of fused-ring (bicyclic) bond motifs is 7. The predicted octanol–water partition coefficient (Wildman–Crippen LogP) is -0.0319. The third-order valence-electron chi connectivity index (χ3n) is 17.6. The molecule has 61 heavy (non-hydrogen) atoms. The first-order valence-corrected chi connectivity index (χ1v) is 22.9. The summed E-state index contributed by atoms with van der Waals surface area (Å²) in [4.78, 5) is 0. The smallest absolute Gasteiger partial charge is 0.187 e. The van der Waals surface area contributed by atoms with Crippen LogP contribution in [0.15, 0.2) is 11.6 Å².